The quantitative estimate of drug-likeness (QED) is 0.664. The van der Waals surface area contributed by atoms with Gasteiger partial charge in [-0.1, -0.05) is 17.8 Å². The number of allylic oxidation sites excluding steroid dienone is 1. The molecule has 2 rings (SSSR count). The molecule has 7 heteroatoms. The van der Waals surface area contributed by atoms with Crippen LogP contribution >= 0.6 is 11.8 Å². The lowest BCUT2D eigenvalue weighted by molar-refractivity contribution is -0.134. The number of anilines is 1. The van der Waals surface area contributed by atoms with Gasteiger partial charge in [0.15, 0.2) is 5.16 Å². The second-order valence-corrected chi connectivity index (χ2v) is 6.40. The van der Waals surface area contributed by atoms with Crippen molar-refractivity contribution in [2.75, 3.05) is 11.5 Å². The fourth-order valence-electron chi connectivity index (χ4n) is 2.82. The van der Waals surface area contributed by atoms with Gasteiger partial charge in [-0.15, -0.1) is 16.8 Å². The summed E-state index contributed by atoms with van der Waals surface area (Å²) in [6, 6.07) is 0.635. The molecule has 0 bridgehead atoms. The Morgan fingerprint density at radius 1 is 1.43 bits per heavy atom. The second-order valence-electron chi connectivity index (χ2n) is 5.46. The lowest BCUT2D eigenvalue weighted by Gasteiger charge is -2.39. The summed E-state index contributed by atoms with van der Waals surface area (Å²) in [5, 5.41) is 8.54. The maximum absolute atomic E-state index is 12.5. The number of carbonyl (C=O) groups is 1. The largest absolute Gasteiger partial charge is 0.368 e. The number of nitrogens with zero attached hydrogens (tertiary/aromatic N) is 4. The summed E-state index contributed by atoms with van der Waals surface area (Å²) in [4.78, 5) is 14.5. The summed E-state index contributed by atoms with van der Waals surface area (Å²) in [7, 11) is 0. The van der Waals surface area contributed by atoms with Crippen LogP contribution in [-0.4, -0.2) is 43.4 Å². The topological polar surface area (TPSA) is 77.0 Å². The molecular formula is C14H23N5OS. The van der Waals surface area contributed by atoms with E-state index in [0.29, 0.717) is 35.5 Å². The van der Waals surface area contributed by atoms with E-state index in [0.717, 1.165) is 12.8 Å². The summed E-state index contributed by atoms with van der Waals surface area (Å²) in [6.07, 6.45) is 5.10. The third-order valence-corrected chi connectivity index (χ3v) is 4.81. The van der Waals surface area contributed by atoms with Gasteiger partial charge >= 0.3 is 0 Å². The van der Waals surface area contributed by atoms with Crippen LogP contribution in [-0.2, 0) is 11.3 Å². The molecule has 2 unspecified atom stereocenters. The second kappa shape index (κ2) is 6.98. The molecule has 1 aliphatic heterocycles. The third kappa shape index (κ3) is 3.58. The zero-order chi connectivity index (χ0) is 15.4. The van der Waals surface area contributed by atoms with Gasteiger partial charge in [0.2, 0.25) is 11.9 Å². The maximum Gasteiger partial charge on any atom is 0.233 e. The van der Waals surface area contributed by atoms with E-state index in [-0.39, 0.29) is 5.91 Å². The number of nitrogen functional groups attached to an aromatic ring is 1. The van der Waals surface area contributed by atoms with E-state index >= 15 is 0 Å². The van der Waals surface area contributed by atoms with Crippen molar-refractivity contribution in [3.63, 3.8) is 0 Å². The highest BCUT2D eigenvalue weighted by Crippen LogP contribution is 2.25. The number of hydrogen-bond donors (Lipinski definition) is 1. The fraction of sp³-hybridized carbons (Fsp3) is 0.643. The molecule has 0 aromatic carbocycles. The van der Waals surface area contributed by atoms with Crippen LogP contribution in [0.25, 0.3) is 0 Å². The first-order chi connectivity index (χ1) is 10.0. The van der Waals surface area contributed by atoms with Crippen molar-refractivity contribution in [2.24, 2.45) is 0 Å². The van der Waals surface area contributed by atoms with Crippen molar-refractivity contribution >= 4 is 23.6 Å². The van der Waals surface area contributed by atoms with Gasteiger partial charge in [-0.3, -0.25) is 9.36 Å². The van der Waals surface area contributed by atoms with Crippen LogP contribution in [0.15, 0.2) is 17.8 Å². The van der Waals surface area contributed by atoms with E-state index in [1.807, 2.05) is 4.90 Å². The van der Waals surface area contributed by atoms with Crippen molar-refractivity contribution in [3.8, 4) is 0 Å². The Bertz CT molecular complexity index is 505. The van der Waals surface area contributed by atoms with Gasteiger partial charge < -0.3 is 10.6 Å². The van der Waals surface area contributed by atoms with E-state index in [9.17, 15) is 4.79 Å². The van der Waals surface area contributed by atoms with Crippen molar-refractivity contribution in [2.45, 2.75) is 56.9 Å². The van der Waals surface area contributed by atoms with Crippen LogP contribution in [0.5, 0.6) is 0 Å². The first-order valence-electron chi connectivity index (χ1n) is 7.28. The number of carbonyl (C=O) groups excluding carboxylic acids is 1. The minimum atomic E-state index is 0.159. The Labute approximate surface area is 129 Å². The molecule has 6 nitrogen and oxygen atoms in total. The number of aromatic nitrogens is 3. The summed E-state index contributed by atoms with van der Waals surface area (Å²) in [5.74, 6) is 0.875. The fourth-order valence-corrected chi connectivity index (χ4v) is 3.65. The summed E-state index contributed by atoms with van der Waals surface area (Å²) >= 11 is 1.38. The number of rotatable bonds is 5. The van der Waals surface area contributed by atoms with Gasteiger partial charge in [-0.05, 0) is 33.1 Å². The summed E-state index contributed by atoms with van der Waals surface area (Å²) in [6.45, 7) is 8.48. The Morgan fingerprint density at radius 2 is 2.10 bits per heavy atom. The lowest BCUT2D eigenvalue weighted by Crippen LogP contribution is -2.48. The number of piperidine rings is 1. The highest BCUT2D eigenvalue weighted by atomic mass is 32.2. The number of amides is 1. The molecule has 0 saturated carbocycles. The predicted octanol–water partition coefficient (Wildman–Crippen LogP) is 1.93. The number of nitrogens with two attached hydrogens (primary N) is 1. The number of hydrogen-bond acceptors (Lipinski definition) is 5. The molecule has 0 spiro atoms. The standard InChI is InChI=1S/C14H23N5OS/c1-4-8-18-13(15)16-17-14(18)21-9-12(20)19-10(2)6-5-7-11(19)3/h4,10-11H,1,5-9H2,2-3H3,(H2,15,16). The lowest BCUT2D eigenvalue weighted by atomic mass is 9.98. The first kappa shape index (κ1) is 15.9. The van der Waals surface area contributed by atoms with Crippen molar-refractivity contribution in [1.82, 2.24) is 19.7 Å². The highest BCUT2D eigenvalue weighted by molar-refractivity contribution is 7.99. The molecule has 1 aliphatic rings. The average molecular weight is 309 g/mol. The Hall–Kier alpha value is -1.50. The van der Waals surface area contributed by atoms with E-state index in [1.165, 1.54) is 18.2 Å². The van der Waals surface area contributed by atoms with Crippen LogP contribution in [0, 0.1) is 0 Å². The molecule has 2 heterocycles. The third-order valence-electron chi connectivity index (χ3n) is 3.86. The van der Waals surface area contributed by atoms with Crippen LogP contribution in [0.3, 0.4) is 0 Å². The van der Waals surface area contributed by atoms with Crippen molar-refractivity contribution in [1.29, 1.82) is 0 Å². The highest BCUT2D eigenvalue weighted by Gasteiger charge is 2.29. The van der Waals surface area contributed by atoms with Crippen LogP contribution in [0.4, 0.5) is 5.95 Å². The summed E-state index contributed by atoms with van der Waals surface area (Å²) < 4.78 is 1.76. The Morgan fingerprint density at radius 3 is 2.71 bits per heavy atom. The van der Waals surface area contributed by atoms with E-state index in [2.05, 4.69) is 30.6 Å². The van der Waals surface area contributed by atoms with Crippen LogP contribution in [0.2, 0.25) is 0 Å². The Balaban J connectivity index is 1.99. The van der Waals surface area contributed by atoms with Gasteiger partial charge in [0, 0.05) is 18.6 Å². The van der Waals surface area contributed by atoms with Crippen molar-refractivity contribution < 1.29 is 4.79 Å². The monoisotopic (exact) mass is 309 g/mol. The normalized spacial score (nSPS) is 22.3. The zero-order valence-corrected chi connectivity index (χ0v) is 13.5. The van der Waals surface area contributed by atoms with Gasteiger partial charge in [0.1, 0.15) is 0 Å². The van der Waals surface area contributed by atoms with Gasteiger partial charge in [-0.2, -0.15) is 0 Å². The Kier molecular flexibility index (Phi) is 5.27. The van der Waals surface area contributed by atoms with Gasteiger partial charge in [-0.25, -0.2) is 0 Å². The van der Waals surface area contributed by atoms with E-state index < -0.39 is 0 Å². The summed E-state index contributed by atoms with van der Waals surface area (Å²) in [5.41, 5.74) is 5.75. The number of thioether (sulfide) groups is 1. The van der Waals surface area contributed by atoms with E-state index in [1.54, 1.807) is 10.6 Å². The molecule has 0 aliphatic carbocycles. The van der Waals surface area contributed by atoms with Crippen LogP contribution < -0.4 is 5.73 Å². The van der Waals surface area contributed by atoms with Gasteiger partial charge in [0.05, 0.1) is 5.75 Å². The molecule has 1 amide bonds. The maximum atomic E-state index is 12.5. The minimum absolute atomic E-state index is 0.159. The van der Waals surface area contributed by atoms with Crippen LogP contribution in [0.1, 0.15) is 33.1 Å². The number of likely N-dealkylation sites (tertiary alicyclic amines) is 1. The molecule has 0 radical (unpaired) electrons. The first-order valence-corrected chi connectivity index (χ1v) is 8.26. The molecule has 1 aromatic heterocycles. The predicted molar refractivity (Wildman–Crippen MR) is 85.0 cm³/mol. The SMILES string of the molecule is C=CCn1c(N)nnc1SCC(=O)N1C(C)CCCC1C. The smallest absolute Gasteiger partial charge is 0.233 e. The minimum Gasteiger partial charge on any atom is -0.368 e. The molecule has 116 valence electrons. The van der Waals surface area contributed by atoms with E-state index in [4.69, 9.17) is 5.73 Å². The van der Waals surface area contributed by atoms with Crippen molar-refractivity contribution in [3.05, 3.63) is 12.7 Å². The zero-order valence-electron chi connectivity index (χ0n) is 12.7. The molecule has 1 fully saturated rings. The van der Waals surface area contributed by atoms with Gasteiger partial charge in [0.25, 0.3) is 0 Å². The molecule has 1 aromatic rings. The molecule has 2 N–H and O–H groups in total. The molecule has 1 saturated heterocycles. The average Bonchev–Trinajstić information content (AvgIpc) is 2.78. The molecular weight excluding hydrogens is 286 g/mol. The molecule has 21 heavy (non-hydrogen) atoms. The molecule has 2 atom stereocenters.